The van der Waals surface area contributed by atoms with Gasteiger partial charge in [0, 0.05) is 41.9 Å². The molecule has 0 bridgehead atoms. The Kier molecular flexibility index (Phi) is 18.3. The number of nitrogens with one attached hydrogen (secondary N) is 1. The molecule has 4 heterocycles. The Bertz CT molecular complexity index is 3150. The van der Waals surface area contributed by atoms with Crippen LogP contribution in [0, 0.1) is 81.8 Å². The highest BCUT2D eigenvalue weighted by atomic mass is 32.2. The summed E-state index contributed by atoms with van der Waals surface area (Å²) in [5.41, 5.74) is 17.8. The molecule has 2 amide bonds. The first-order valence-electron chi connectivity index (χ1n) is 34.8. The van der Waals surface area contributed by atoms with Crippen LogP contribution in [0.2, 0.25) is 0 Å². The molecule has 2 spiro atoms. The first kappa shape index (κ1) is 64.7. The first-order valence-corrected chi connectivity index (χ1v) is 36.7. The summed E-state index contributed by atoms with van der Waals surface area (Å²) in [4.78, 5) is 34.3. The molecule has 10 fully saturated rings. The maximum absolute atomic E-state index is 13.6. The van der Waals surface area contributed by atoms with Gasteiger partial charge in [0.1, 0.15) is 13.2 Å². The Labute approximate surface area is 533 Å². The van der Waals surface area contributed by atoms with E-state index >= 15 is 0 Å². The average molecular weight is 1240 g/mol. The Balaban J connectivity index is 0.000000171. The van der Waals surface area contributed by atoms with Crippen LogP contribution in [0.15, 0.2) is 88.1 Å². The first-order chi connectivity index (χ1) is 42.1. The molecule has 0 radical (unpaired) electrons. The van der Waals surface area contributed by atoms with Gasteiger partial charge in [0.25, 0.3) is 0 Å². The highest BCUT2D eigenvalue weighted by Gasteiger charge is 2.63. The van der Waals surface area contributed by atoms with Gasteiger partial charge in [0.2, 0.25) is 10.0 Å². The number of sulfonamides is 1. The molecule has 2 aromatic carbocycles. The largest absolute Gasteiger partial charge is 0.445 e. The van der Waals surface area contributed by atoms with Crippen molar-refractivity contribution in [2.45, 2.75) is 252 Å². The molecule has 12 aliphatic rings. The van der Waals surface area contributed by atoms with Gasteiger partial charge in [-0.3, -0.25) is 0 Å². The smallest absolute Gasteiger partial charge is 0.410 e. The summed E-state index contributed by atoms with van der Waals surface area (Å²) < 4.78 is 53.0. The zero-order valence-electron chi connectivity index (χ0n) is 54.5. The molecule has 2 aromatic rings. The second kappa shape index (κ2) is 25.1. The minimum Gasteiger partial charge on any atom is -0.445 e. The van der Waals surface area contributed by atoms with Crippen LogP contribution in [0.3, 0.4) is 0 Å². The summed E-state index contributed by atoms with van der Waals surface area (Å²) in [5, 5.41) is 4.14. The number of rotatable bonds is 7. The number of hydrogen-bond acceptors (Lipinski definition) is 9. The molecule has 4 saturated heterocycles. The minimum atomic E-state index is -3.18. The second-order valence-electron chi connectivity index (χ2n) is 31.8. The monoisotopic (exact) mass is 1240 g/mol. The molecule has 22 atom stereocenters. The summed E-state index contributed by atoms with van der Waals surface area (Å²) in [6, 6.07) is 20.3. The standard InChI is InChI=1S/C37H54N2O5S.C36H50N4O3.CH4/c1-23-17-33-34(39(21-23)35(40)43-22-26-9-7-6-8-10-26)25(3)37(44-33)16-14-29-30-12-11-27-18-28(38-45(5,41)42)13-15-36(27,4)32(30)19-31(29)24(2)20-37;1-22-16-32-33(40(20-22)34(41)42-21-25-8-6-5-7-9-25)24(3)36(43-32)15-13-28-29-11-10-26-17-27(38-39-37)12-14-35(26,4)31(29)18-30(28)23(2)19-36;/h6-10,23,25,27-30,32-34,38H,11-22H2,1-5H3;5-9,22,24,26-29,31-33H,10-21H2,1-4H3;1H4/t23-,25+,27+,28+,29-,30-,32-,33+,34-,36-,37-;22-,24+,26+,27+,28-,29-,31-,32+,33-,35-,36-;/m00./s1. The van der Waals surface area contributed by atoms with Crippen LogP contribution >= 0.6 is 0 Å². The molecule has 0 unspecified atom stereocenters. The van der Waals surface area contributed by atoms with E-state index in [4.69, 9.17) is 24.5 Å². The van der Waals surface area contributed by atoms with Crippen LogP contribution in [0.25, 0.3) is 10.4 Å². The van der Waals surface area contributed by atoms with Crippen molar-refractivity contribution in [2.75, 3.05) is 19.3 Å². The van der Waals surface area contributed by atoms with Crippen LogP contribution in [-0.4, -0.2) is 97.3 Å². The lowest BCUT2D eigenvalue weighted by molar-refractivity contribution is -0.0803. The molecule has 488 valence electrons. The van der Waals surface area contributed by atoms with Crippen LogP contribution in [0.1, 0.15) is 202 Å². The zero-order chi connectivity index (χ0) is 61.7. The van der Waals surface area contributed by atoms with E-state index < -0.39 is 10.0 Å². The summed E-state index contributed by atoms with van der Waals surface area (Å²) in [7, 11) is -3.18. The summed E-state index contributed by atoms with van der Waals surface area (Å²) >= 11 is 0. The third-order valence-corrected chi connectivity index (χ3v) is 27.7. The van der Waals surface area contributed by atoms with E-state index in [0.717, 1.165) is 107 Å². The van der Waals surface area contributed by atoms with Crippen molar-refractivity contribution < 1.29 is 37.0 Å². The number of allylic oxidation sites excluding steroid dienone is 2. The van der Waals surface area contributed by atoms with Gasteiger partial charge in [0.15, 0.2) is 0 Å². The highest BCUT2D eigenvalue weighted by Crippen LogP contribution is 2.68. The van der Waals surface area contributed by atoms with Crippen molar-refractivity contribution in [3.8, 4) is 0 Å². The number of benzene rings is 2. The molecule has 4 aliphatic heterocycles. The van der Waals surface area contributed by atoms with Crippen molar-refractivity contribution >= 4 is 22.2 Å². The predicted molar refractivity (Wildman–Crippen MR) is 349 cm³/mol. The lowest BCUT2D eigenvalue weighted by atomic mass is 9.52. The number of fused-ring (bicyclic) bond motifs is 12. The number of carbonyl (C=O) groups excluding carboxylic acids is 2. The number of amides is 2. The normalized spacial score (nSPS) is 42.8. The fraction of sp³-hybridized carbons (Fsp3) is 0.757. The van der Waals surface area contributed by atoms with E-state index in [-0.39, 0.29) is 79.0 Å². The SMILES string of the molecule is C.CC1=C2C[C@H]3[C@@H](CC[C@@H]4C[C@H](N=[N+]=[N-])CC[C@@]43C)[C@@H]2CC[C@@]2(C1)O[C@@H]1C[C@H](C)CN(C(=O)OCc3ccccc3)[C@H]1[C@H]2C.CC1=C2C[C@H]3[C@@H](CC[C@@H]4C[C@H](NS(C)(=O)=O)CC[C@@]43C)[C@@H]2CC[C@@]2(C1)O[C@@H]1C[C@H](C)CN(C(=O)OCc3ccccc3)[C@H]1[C@H]2C. The van der Waals surface area contributed by atoms with Crippen LogP contribution < -0.4 is 4.72 Å². The van der Waals surface area contributed by atoms with Crippen LogP contribution in [-0.2, 0) is 42.2 Å². The minimum absolute atomic E-state index is 0. The van der Waals surface area contributed by atoms with Gasteiger partial charge in [-0.15, -0.1) is 0 Å². The molecule has 6 saturated carbocycles. The average Bonchev–Trinajstić information content (AvgIpc) is 1.65. The van der Waals surface area contributed by atoms with Crippen molar-refractivity contribution in [1.82, 2.24) is 14.5 Å². The Morgan fingerprint density at radius 3 is 1.54 bits per heavy atom. The van der Waals surface area contributed by atoms with Gasteiger partial charge in [-0.1, -0.05) is 137 Å². The third kappa shape index (κ3) is 12.0. The molecule has 14 rings (SSSR count). The molecule has 0 aromatic heterocycles. The Morgan fingerprint density at radius 1 is 0.640 bits per heavy atom. The van der Waals surface area contributed by atoms with Gasteiger partial charge in [-0.2, -0.15) is 0 Å². The van der Waals surface area contributed by atoms with E-state index in [2.05, 4.69) is 70.1 Å². The van der Waals surface area contributed by atoms with Gasteiger partial charge < -0.3 is 28.7 Å². The fourth-order valence-corrected chi connectivity index (χ4v) is 23.5. The number of azide groups is 1. The van der Waals surface area contributed by atoms with Gasteiger partial charge >= 0.3 is 12.2 Å². The number of piperidine rings is 2. The lowest BCUT2D eigenvalue weighted by Crippen LogP contribution is -2.54. The maximum atomic E-state index is 13.6. The molecular weight excluding hydrogens is 1130 g/mol. The molecule has 14 nitrogen and oxygen atoms in total. The van der Waals surface area contributed by atoms with Crippen molar-refractivity contribution in [1.29, 1.82) is 0 Å². The predicted octanol–water partition coefficient (Wildman–Crippen LogP) is 16.6. The number of carbonyl (C=O) groups is 2. The molecular formula is C74H108N6O8S. The molecule has 89 heavy (non-hydrogen) atoms. The lowest BCUT2D eigenvalue weighted by Gasteiger charge is -2.54. The van der Waals surface area contributed by atoms with E-state index in [1.807, 2.05) is 70.5 Å². The molecule has 15 heteroatoms. The second-order valence-corrected chi connectivity index (χ2v) is 33.6. The molecule has 1 N–H and O–H groups in total. The number of ether oxygens (including phenoxy) is 4. The summed E-state index contributed by atoms with van der Waals surface area (Å²) in [6.07, 6.45) is 23.4. The van der Waals surface area contributed by atoms with E-state index in [9.17, 15) is 18.0 Å². The van der Waals surface area contributed by atoms with E-state index in [1.165, 1.54) is 69.6 Å². The van der Waals surface area contributed by atoms with Gasteiger partial charge in [-0.25, -0.2) is 22.7 Å². The topological polar surface area (TPSA) is 172 Å². The quantitative estimate of drug-likeness (QED) is 0.123. The Morgan fingerprint density at radius 2 is 1.09 bits per heavy atom. The van der Waals surface area contributed by atoms with Crippen LogP contribution in [0.4, 0.5) is 9.59 Å². The van der Waals surface area contributed by atoms with Crippen LogP contribution in [0.5, 0.6) is 0 Å². The van der Waals surface area contributed by atoms with Gasteiger partial charge in [-0.05, 0) is 229 Å². The number of nitrogens with zero attached hydrogens (tertiary/aromatic N) is 5. The van der Waals surface area contributed by atoms with Crippen molar-refractivity contribution in [3.63, 3.8) is 0 Å². The van der Waals surface area contributed by atoms with Gasteiger partial charge in [0.05, 0.1) is 41.7 Å². The third-order valence-electron chi connectivity index (χ3n) is 27.0. The van der Waals surface area contributed by atoms with E-state index in [1.54, 1.807) is 16.7 Å². The van der Waals surface area contributed by atoms with E-state index in [0.29, 0.717) is 71.4 Å². The molecule has 8 aliphatic carbocycles. The van der Waals surface area contributed by atoms with Crippen molar-refractivity contribution in [3.05, 3.63) is 105 Å². The zero-order valence-corrected chi connectivity index (χ0v) is 55.4. The Hall–Kier alpha value is -4.40. The number of hydrogen-bond donors (Lipinski definition) is 1. The summed E-state index contributed by atoms with van der Waals surface area (Å²) in [6.45, 7) is 21.1. The highest BCUT2D eigenvalue weighted by molar-refractivity contribution is 7.88. The maximum Gasteiger partial charge on any atom is 0.410 e. The van der Waals surface area contributed by atoms with Crippen molar-refractivity contribution in [2.24, 2.45) is 87.0 Å². The number of likely N-dealkylation sites (tertiary alicyclic amines) is 2. The fourth-order valence-electron chi connectivity index (χ4n) is 22.7. The summed E-state index contributed by atoms with van der Waals surface area (Å²) in [5.74, 6) is 6.78.